The molecule has 0 heterocycles. The summed E-state index contributed by atoms with van der Waals surface area (Å²) in [6.45, 7) is 1.96. The number of benzene rings is 1. The second-order valence-corrected chi connectivity index (χ2v) is 4.58. The van der Waals surface area contributed by atoms with E-state index in [1.807, 2.05) is 6.92 Å². The zero-order valence-electron chi connectivity index (χ0n) is 9.45. The zero-order chi connectivity index (χ0) is 12.8. The number of rotatable bonds is 6. The fourth-order valence-corrected chi connectivity index (χ4v) is 1.68. The summed E-state index contributed by atoms with van der Waals surface area (Å²) in [5.41, 5.74) is 0. The first kappa shape index (κ1) is 14.0. The van der Waals surface area contributed by atoms with Gasteiger partial charge in [-0.25, -0.2) is 9.18 Å². The summed E-state index contributed by atoms with van der Waals surface area (Å²) in [5, 5.41) is 8.96. The Kier molecular flexibility index (Phi) is 5.41. The monoisotopic (exact) mass is 304 g/mol. The van der Waals surface area contributed by atoms with Gasteiger partial charge in [0.1, 0.15) is 0 Å². The Morgan fingerprint density at radius 1 is 1.59 bits per heavy atom. The van der Waals surface area contributed by atoms with Crippen molar-refractivity contribution in [3.05, 3.63) is 28.5 Å². The number of halogens is 2. The van der Waals surface area contributed by atoms with Gasteiger partial charge in [-0.2, -0.15) is 0 Å². The molecule has 0 spiro atoms. The van der Waals surface area contributed by atoms with Gasteiger partial charge in [0, 0.05) is 4.47 Å². The molecule has 3 nitrogen and oxygen atoms in total. The Labute approximate surface area is 108 Å². The van der Waals surface area contributed by atoms with Gasteiger partial charge in [-0.3, -0.25) is 0 Å². The maximum atomic E-state index is 13.4. The molecule has 0 fully saturated rings. The standard InChI is InChI=1S/C12H14BrFO3/c1-2-3-4-10(12(15)16)17-11-7-8(13)5-6-9(11)14/h5-7,10H,2-4H2,1H3,(H,15,16). The van der Waals surface area contributed by atoms with E-state index in [0.29, 0.717) is 10.9 Å². The largest absolute Gasteiger partial charge is 0.479 e. The molecule has 0 amide bonds. The van der Waals surface area contributed by atoms with Crippen LogP contribution >= 0.6 is 15.9 Å². The molecular weight excluding hydrogens is 291 g/mol. The molecule has 0 saturated carbocycles. The molecule has 94 valence electrons. The smallest absolute Gasteiger partial charge is 0.344 e. The van der Waals surface area contributed by atoms with E-state index < -0.39 is 17.9 Å². The second-order valence-electron chi connectivity index (χ2n) is 3.66. The Morgan fingerprint density at radius 2 is 2.29 bits per heavy atom. The highest BCUT2D eigenvalue weighted by atomic mass is 79.9. The minimum Gasteiger partial charge on any atom is -0.479 e. The normalized spacial score (nSPS) is 12.2. The number of aliphatic carboxylic acids is 1. The summed E-state index contributed by atoms with van der Waals surface area (Å²) in [6.07, 6.45) is 0.970. The molecule has 1 unspecified atom stereocenters. The molecule has 1 N–H and O–H groups in total. The maximum Gasteiger partial charge on any atom is 0.344 e. The molecule has 0 radical (unpaired) electrons. The third-order valence-corrected chi connectivity index (χ3v) is 2.75. The molecule has 0 bridgehead atoms. The van der Waals surface area contributed by atoms with E-state index in [1.54, 1.807) is 0 Å². The molecular formula is C12H14BrFO3. The van der Waals surface area contributed by atoms with Gasteiger partial charge in [-0.1, -0.05) is 29.3 Å². The number of ether oxygens (including phenoxy) is 1. The predicted molar refractivity (Wildman–Crippen MR) is 65.7 cm³/mol. The maximum absolute atomic E-state index is 13.4. The average molecular weight is 305 g/mol. The van der Waals surface area contributed by atoms with Crippen molar-refractivity contribution in [2.45, 2.75) is 32.3 Å². The number of hydrogen-bond acceptors (Lipinski definition) is 2. The summed E-state index contributed by atoms with van der Waals surface area (Å²) < 4.78 is 19.2. The van der Waals surface area contributed by atoms with Crippen molar-refractivity contribution in [1.82, 2.24) is 0 Å². The predicted octanol–water partition coefficient (Wildman–Crippen LogP) is 3.61. The van der Waals surface area contributed by atoms with E-state index in [4.69, 9.17) is 9.84 Å². The average Bonchev–Trinajstić information content (AvgIpc) is 2.28. The first-order valence-electron chi connectivity index (χ1n) is 5.39. The van der Waals surface area contributed by atoms with Crippen molar-refractivity contribution in [1.29, 1.82) is 0 Å². The molecule has 1 rings (SSSR count). The van der Waals surface area contributed by atoms with Crippen LogP contribution in [0.3, 0.4) is 0 Å². The van der Waals surface area contributed by atoms with Crippen molar-refractivity contribution in [2.24, 2.45) is 0 Å². The van der Waals surface area contributed by atoms with Crippen LogP contribution in [0, 0.1) is 5.82 Å². The first-order valence-corrected chi connectivity index (χ1v) is 6.18. The van der Waals surface area contributed by atoms with Gasteiger partial charge in [0.05, 0.1) is 0 Å². The van der Waals surface area contributed by atoms with Gasteiger partial charge in [0.15, 0.2) is 17.7 Å². The van der Waals surface area contributed by atoms with Crippen LogP contribution in [-0.2, 0) is 4.79 Å². The van der Waals surface area contributed by atoms with Crippen molar-refractivity contribution in [3.63, 3.8) is 0 Å². The van der Waals surface area contributed by atoms with E-state index >= 15 is 0 Å². The lowest BCUT2D eigenvalue weighted by atomic mass is 10.1. The molecule has 1 aromatic carbocycles. The van der Waals surface area contributed by atoms with Crippen molar-refractivity contribution < 1.29 is 19.0 Å². The molecule has 1 aromatic rings. The van der Waals surface area contributed by atoms with E-state index in [2.05, 4.69) is 15.9 Å². The van der Waals surface area contributed by atoms with Gasteiger partial charge in [0.2, 0.25) is 0 Å². The van der Waals surface area contributed by atoms with Crippen LogP contribution in [-0.4, -0.2) is 17.2 Å². The van der Waals surface area contributed by atoms with Crippen LogP contribution in [0.5, 0.6) is 5.75 Å². The highest BCUT2D eigenvalue weighted by Crippen LogP contribution is 2.24. The number of unbranched alkanes of at least 4 members (excludes halogenated alkanes) is 1. The lowest BCUT2D eigenvalue weighted by Crippen LogP contribution is -2.27. The summed E-state index contributed by atoms with van der Waals surface area (Å²) in [4.78, 5) is 10.9. The Balaban J connectivity index is 2.78. The SMILES string of the molecule is CCCCC(Oc1cc(Br)ccc1F)C(=O)O. The van der Waals surface area contributed by atoms with Crippen LogP contribution in [0.2, 0.25) is 0 Å². The molecule has 17 heavy (non-hydrogen) atoms. The van der Waals surface area contributed by atoms with Crippen molar-refractivity contribution in [3.8, 4) is 5.75 Å². The van der Waals surface area contributed by atoms with Crippen LogP contribution in [0.1, 0.15) is 26.2 Å². The number of carboxylic acids is 1. The minimum absolute atomic E-state index is 0.0390. The van der Waals surface area contributed by atoms with E-state index in [-0.39, 0.29) is 5.75 Å². The number of hydrogen-bond donors (Lipinski definition) is 1. The summed E-state index contributed by atoms with van der Waals surface area (Å²) >= 11 is 3.18. The van der Waals surface area contributed by atoms with Crippen LogP contribution in [0.4, 0.5) is 4.39 Å². The lowest BCUT2D eigenvalue weighted by molar-refractivity contribution is -0.145. The number of carboxylic acid groups (broad SMARTS) is 1. The first-order chi connectivity index (χ1) is 8.04. The Morgan fingerprint density at radius 3 is 2.88 bits per heavy atom. The minimum atomic E-state index is -1.07. The van der Waals surface area contributed by atoms with Crippen molar-refractivity contribution in [2.75, 3.05) is 0 Å². The Hall–Kier alpha value is -1.10. The summed E-state index contributed by atoms with van der Waals surface area (Å²) in [7, 11) is 0. The van der Waals surface area contributed by atoms with Gasteiger partial charge < -0.3 is 9.84 Å². The molecule has 0 aliphatic carbocycles. The third-order valence-electron chi connectivity index (χ3n) is 2.26. The van der Waals surface area contributed by atoms with Crippen LogP contribution in [0.15, 0.2) is 22.7 Å². The molecule has 5 heteroatoms. The fourth-order valence-electron chi connectivity index (χ4n) is 1.34. The fraction of sp³-hybridized carbons (Fsp3) is 0.417. The molecule has 0 aromatic heterocycles. The van der Waals surface area contributed by atoms with Gasteiger partial charge in [-0.15, -0.1) is 0 Å². The van der Waals surface area contributed by atoms with E-state index in [0.717, 1.165) is 12.8 Å². The van der Waals surface area contributed by atoms with Gasteiger partial charge in [0.25, 0.3) is 0 Å². The second kappa shape index (κ2) is 6.59. The van der Waals surface area contributed by atoms with E-state index in [1.165, 1.54) is 18.2 Å². The highest BCUT2D eigenvalue weighted by Gasteiger charge is 2.20. The van der Waals surface area contributed by atoms with Gasteiger partial charge >= 0.3 is 5.97 Å². The quantitative estimate of drug-likeness (QED) is 0.873. The third kappa shape index (κ3) is 4.34. The van der Waals surface area contributed by atoms with Crippen LogP contribution in [0.25, 0.3) is 0 Å². The highest BCUT2D eigenvalue weighted by molar-refractivity contribution is 9.10. The molecule has 0 aliphatic rings. The Bertz CT molecular complexity index is 395. The number of carbonyl (C=O) groups is 1. The summed E-state index contributed by atoms with van der Waals surface area (Å²) in [6, 6.07) is 4.19. The van der Waals surface area contributed by atoms with E-state index in [9.17, 15) is 9.18 Å². The lowest BCUT2D eigenvalue weighted by Gasteiger charge is -2.15. The molecule has 0 aliphatic heterocycles. The van der Waals surface area contributed by atoms with Crippen molar-refractivity contribution >= 4 is 21.9 Å². The topological polar surface area (TPSA) is 46.5 Å². The molecule has 0 saturated heterocycles. The zero-order valence-corrected chi connectivity index (χ0v) is 11.0. The molecule has 1 atom stereocenters. The van der Waals surface area contributed by atoms with Crippen LogP contribution < -0.4 is 4.74 Å². The summed E-state index contributed by atoms with van der Waals surface area (Å²) in [5.74, 6) is -1.67. The van der Waals surface area contributed by atoms with Gasteiger partial charge in [-0.05, 0) is 31.0 Å².